The molecule has 0 radical (unpaired) electrons. The Labute approximate surface area is 195 Å². The lowest BCUT2D eigenvalue weighted by Crippen LogP contribution is -2.31. The van der Waals surface area contributed by atoms with E-state index in [4.69, 9.17) is 24.5 Å². The molecule has 156 valence electrons. The average Bonchev–Trinajstić information content (AvgIpc) is 2.63. The third-order valence-corrected chi connectivity index (χ3v) is 6.11. The Kier molecular flexibility index (Phi) is 8.52. The van der Waals surface area contributed by atoms with Crippen molar-refractivity contribution in [2.24, 2.45) is 0 Å². The second kappa shape index (κ2) is 10.4. The molecule has 9 heteroatoms. The number of aromatic hydroxyl groups is 1. The molecule has 0 bridgehead atoms. The Hall–Kier alpha value is -1.60. The molecular weight excluding hydrogens is 604 g/mol. The summed E-state index contributed by atoms with van der Waals surface area (Å²) in [4.78, 5) is 18.2. The summed E-state index contributed by atoms with van der Waals surface area (Å²) in [6.07, 6.45) is 1.91. The molecule has 2 aromatic carbocycles. The van der Waals surface area contributed by atoms with Gasteiger partial charge in [0.1, 0.15) is 11.5 Å². The lowest BCUT2D eigenvalue weighted by atomic mass is 9.89. The van der Waals surface area contributed by atoms with Crippen molar-refractivity contribution >= 4 is 57.1 Å². The van der Waals surface area contributed by atoms with Gasteiger partial charge in [-0.15, -0.1) is 0 Å². The van der Waals surface area contributed by atoms with Gasteiger partial charge in [0, 0.05) is 6.04 Å². The predicted octanol–water partition coefficient (Wildman–Crippen LogP) is 3.50. The molecule has 3 rings (SSSR count). The van der Waals surface area contributed by atoms with Crippen molar-refractivity contribution in [1.82, 2.24) is 5.32 Å². The number of carbonyl (C=O) groups is 2. The molecule has 0 spiro atoms. The highest BCUT2D eigenvalue weighted by Gasteiger charge is 2.22. The smallest absolute Gasteiger partial charge is 0.414 e. The molecule has 0 fully saturated rings. The van der Waals surface area contributed by atoms with Crippen molar-refractivity contribution in [2.75, 3.05) is 13.7 Å². The third-order valence-electron chi connectivity index (χ3n) is 4.50. The van der Waals surface area contributed by atoms with Crippen molar-refractivity contribution < 1.29 is 29.6 Å². The first kappa shape index (κ1) is 23.7. The van der Waals surface area contributed by atoms with Crippen LogP contribution >= 0.6 is 45.2 Å². The third kappa shape index (κ3) is 6.19. The van der Waals surface area contributed by atoms with Crippen LogP contribution in [0.4, 0.5) is 0 Å². The number of hydrogen-bond acceptors (Lipinski definition) is 5. The Morgan fingerprint density at radius 1 is 1.14 bits per heavy atom. The number of phenols is 1. The summed E-state index contributed by atoms with van der Waals surface area (Å²) in [5, 5.41) is 28.3. The molecule has 1 aliphatic rings. The molecule has 0 unspecified atom stereocenters. The molecule has 1 aliphatic heterocycles. The molecule has 0 saturated heterocycles. The van der Waals surface area contributed by atoms with Crippen LogP contribution in [0.5, 0.6) is 11.5 Å². The molecule has 29 heavy (non-hydrogen) atoms. The van der Waals surface area contributed by atoms with Gasteiger partial charge in [0.05, 0.1) is 14.3 Å². The standard InChI is InChI=1S/C18H19I2NO2.C2H2O4/c1-10-5-13-12(9-17(10)22)3-4-21-16(13)8-11-6-14(19)18(23-2)15(20)7-11;3-1(4)2(5)6/h5-7,9,16,21-22H,3-4,8H2,1-2H3;(H,3,4)(H,5,6)/t16-;/m1./s1. The first-order chi connectivity index (χ1) is 13.6. The minimum Gasteiger partial charge on any atom is -0.508 e. The fraction of sp³-hybridized carbons (Fsp3) is 0.300. The van der Waals surface area contributed by atoms with Crippen molar-refractivity contribution in [1.29, 1.82) is 0 Å². The predicted molar refractivity (Wildman–Crippen MR) is 125 cm³/mol. The van der Waals surface area contributed by atoms with Gasteiger partial charge in [0.15, 0.2) is 0 Å². The van der Waals surface area contributed by atoms with Crippen LogP contribution in [-0.2, 0) is 22.4 Å². The average molecular weight is 625 g/mol. The lowest BCUT2D eigenvalue weighted by molar-refractivity contribution is -0.159. The summed E-state index contributed by atoms with van der Waals surface area (Å²) >= 11 is 4.66. The van der Waals surface area contributed by atoms with E-state index >= 15 is 0 Å². The largest absolute Gasteiger partial charge is 0.508 e. The van der Waals surface area contributed by atoms with E-state index in [2.05, 4.69) is 68.7 Å². The second-order valence-electron chi connectivity index (χ2n) is 6.50. The molecule has 0 saturated carbocycles. The van der Waals surface area contributed by atoms with Crippen LogP contribution in [0.3, 0.4) is 0 Å². The van der Waals surface area contributed by atoms with E-state index in [0.29, 0.717) is 5.75 Å². The van der Waals surface area contributed by atoms with Gasteiger partial charge in [0.25, 0.3) is 0 Å². The monoisotopic (exact) mass is 625 g/mol. The summed E-state index contributed by atoms with van der Waals surface area (Å²) in [7, 11) is 1.72. The number of halogens is 2. The van der Waals surface area contributed by atoms with Crippen LogP contribution in [0.1, 0.15) is 28.3 Å². The second-order valence-corrected chi connectivity index (χ2v) is 8.83. The van der Waals surface area contributed by atoms with Crippen LogP contribution < -0.4 is 10.1 Å². The topological polar surface area (TPSA) is 116 Å². The summed E-state index contributed by atoms with van der Waals surface area (Å²) < 4.78 is 7.73. The van der Waals surface area contributed by atoms with Crippen molar-refractivity contribution in [3.8, 4) is 11.5 Å². The van der Waals surface area contributed by atoms with E-state index in [1.807, 2.05) is 13.0 Å². The van der Waals surface area contributed by atoms with Crippen LogP contribution in [0.15, 0.2) is 24.3 Å². The number of rotatable bonds is 3. The van der Waals surface area contributed by atoms with Crippen molar-refractivity contribution in [2.45, 2.75) is 25.8 Å². The number of ether oxygens (including phenoxy) is 1. The lowest BCUT2D eigenvalue weighted by Gasteiger charge is -2.28. The molecule has 2 aromatic rings. The van der Waals surface area contributed by atoms with Crippen molar-refractivity contribution in [3.05, 3.63) is 53.7 Å². The van der Waals surface area contributed by atoms with Crippen LogP contribution in [0, 0.1) is 14.1 Å². The van der Waals surface area contributed by atoms with Gasteiger partial charge >= 0.3 is 11.9 Å². The summed E-state index contributed by atoms with van der Waals surface area (Å²) in [5.74, 6) is -2.30. The van der Waals surface area contributed by atoms with Crippen LogP contribution in [-0.4, -0.2) is 40.9 Å². The molecule has 0 aliphatic carbocycles. The molecule has 0 aromatic heterocycles. The van der Waals surface area contributed by atoms with Crippen LogP contribution in [0.2, 0.25) is 0 Å². The maximum atomic E-state index is 9.95. The fourth-order valence-corrected chi connectivity index (χ4v) is 5.47. The number of nitrogens with one attached hydrogen (secondary N) is 1. The minimum absolute atomic E-state index is 0.290. The number of aryl methyl sites for hydroxylation is 1. The number of carboxylic acids is 2. The van der Waals surface area contributed by atoms with Crippen LogP contribution in [0.25, 0.3) is 0 Å². The van der Waals surface area contributed by atoms with E-state index in [1.54, 1.807) is 7.11 Å². The van der Waals surface area contributed by atoms with E-state index in [0.717, 1.165) is 37.8 Å². The van der Waals surface area contributed by atoms with Gasteiger partial charge in [-0.1, -0.05) is 6.07 Å². The Balaban J connectivity index is 0.000000438. The quantitative estimate of drug-likeness (QED) is 0.305. The minimum atomic E-state index is -1.82. The van der Waals surface area contributed by atoms with E-state index in [9.17, 15) is 5.11 Å². The molecule has 0 amide bonds. The van der Waals surface area contributed by atoms with Crippen molar-refractivity contribution in [3.63, 3.8) is 0 Å². The zero-order valence-electron chi connectivity index (χ0n) is 15.8. The highest BCUT2D eigenvalue weighted by molar-refractivity contribution is 14.1. The number of methoxy groups -OCH3 is 1. The van der Waals surface area contributed by atoms with E-state index in [1.165, 1.54) is 16.7 Å². The molecule has 7 nitrogen and oxygen atoms in total. The first-order valence-corrected chi connectivity index (χ1v) is 10.8. The van der Waals surface area contributed by atoms with Gasteiger partial charge in [-0.2, -0.15) is 0 Å². The number of benzene rings is 2. The molecule has 1 atom stereocenters. The summed E-state index contributed by atoms with van der Waals surface area (Å²) in [6, 6.07) is 8.74. The Bertz CT molecular complexity index is 896. The number of hydrogen-bond donors (Lipinski definition) is 4. The number of phenolic OH excluding ortho intramolecular Hbond substituents is 1. The SMILES string of the molecule is COc1c(I)cc(C[C@H]2NCCc3cc(O)c(C)cc32)cc1I.O=C(O)C(=O)O. The fourth-order valence-electron chi connectivity index (χ4n) is 3.14. The zero-order valence-corrected chi connectivity index (χ0v) is 20.1. The maximum Gasteiger partial charge on any atom is 0.414 e. The van der Waals surface area contributed by atoms with Gasteiger partial charge in [-0.25, -0.2) is 9.59 Å². The van der Waals surface area contributed by atoms with Gasteiger partial charge in [0.2, 0.25) is 0 Å². The Morgan fingerprint density at radius 3 is 2.24 bits per heavy atom. The maximum absolute atomic E-state index is 9.95. The zero-order chi connectivity index (χ0) is 21.7. The van der Waals surface area contributed by atoms with Gasteiger partial charge in [-0.3, -0.25) is 0 Å². The molecule has 4 N–H and O–H groups in total. The first-order valence-electron chi connectivity index (χ1n) is 8.68. The Morgan fingerprint density at radius 2 is 1.72 bits per heavy atom. The van der Waals surface area contributed by atoms with E-state index < -0.39 is 11.9 Å². The molecule has 1 heterocycles. The molecular formula is C20H21I2NO6. The number of carboxylic acid groups (broad SMARTS) is 2. The highest BCUT2D eigenvalue weighted by Crippen LogP contribution is 2.33. The summed E-state index contributed by atoms with van der Waals surface area (Å²) in [5.41, 5.74) is 4.81. The normalized spacial score (nSPS) is 15.0. The summed E-state index contributed by atoms with van der Waals surface area (Å²) in [6.45, 7) is 2.91. The van der Waals surface area contributed by atoms with Gasteiger partial charge in [-0.05, 0) is 112 Å². The number of fused-ring (bicyclic) bond motifs is 1. The number of aliphatic carboxylic acids is 2. The van der Waals surface area contributed by atoms with Gasteiger partial charge < -0.3 is 25.4 Å². The van der Waals surface area contributed by atoms with E-state index in [-0.39, 0.29) is 6.04 Å². The highest BCUT2D eigenvalue weighted by atomic mass is 127.